The van der Waals surface area contributed by atoms with Crippen LogP contribution < -0.4 is 15.3 Å². The van der Waals surface area contributed by atoms with E-state index in [4.69, 9.17) is 14.5 Å². The molecule has 0 radical (unpaired) electrons. The van der Waals surface area contributed by atoms with Gasteiger partial charge in [-0.05, 0) is 18.2 Å². The zero-order valence-corrected chi connectivity index (χ0v) is 23.7. The third-order valence-corrected chi connectivity index (χ3v) is 7.97. The Morgan fingerprint density at radius 3 is 2.44 bits per heavy atom. The van der Waals surface area contributed by atoms with Gasteiger partial charge in [0.15, 0.2) is 5.82 Å². The number of hydrogen-bond acceptors (Lipinski definition) is 7. The molecule has 1 fully saturated rings. The minimum atomic E-state index is -0.0724. The number of aromatic nitrogens is 8. The SMILES string of the molecule is COc1cc2c(cc1-c1cnn(C)c1)nc(-c1cncn1C)n2-c1cc(N2CCOCC2)c2c(c1)n(C)c(=O)n2C. The minimum absolute atomic E-state index is 0.0724. The molecular formula is C29H31N9O3. The van der Waals surface area contributed by atoms with Gasteiger partial charge in [0.1, 0.15) is 11.4 Å². The molecule has 0 atom stereocenters. The number of morpholine rings is 1. The molecule has 2 aromatic carbocycles. The van der Waals surface area contributed by atoms with E-state index in [1.165, 1.54) is 0 Å². The number of nitrogens with zero attached hydrogens (tertiary/aromatic N) is 9. The van der Waals surface area contributed by atoms with Crippen LogP contribution in [0.3, 0.4) is 0 Å². The van der Waals surface area contributed by atoms with E-state index in [2.05, 4.69) is 31.7 Å². The highest BCUT2D eigenvalue weighted by Gasteiger charge is 2.24. The van der Waals surface area contributed by atoms with Crippen molar-refractivity contribution in [1.82, 2.24) is 38.0 Å². The Morgan fingerprint density at radius 2 is 1.76 bits per heavy atom. The van der Waals surface area contributed by atoms with Gasteiger partial charge in [0.25, 0.3) is 0 Å². The third kappa shape index (κ3) is 3.85. The molecule has 12 heteroatoms. The van der Waals surface area contributed by atoms with Crippen molar-refractivity contribution in [3.8, 4) is 34.1 Å². The molecule has 210 valence electrons. The van der Waals surface area contributed by atoms with Crippen molar-refractivity contribution in [2.75, 3.05) is 38.3 Å². The second kappa shape index (κ2) is 9.37. The van der Waals surface area contributed by atoms with Crippen LogP contribution in [0.4, 0.5) is 5.69 Å². The first-order valence-electron chi connectivity index (χ1n) is 13.4. The first-order valence-corrected chi connectivity index (χ1v) is 13.4. The topological polar surface area (TPSA) is 102 Å². The fourth-order valence-corrected chi connectivity index (χ4v) is 5.85. The standard InChI is InChI=1S/C29H31N9O3/c1-33-17-30-15-25(33)28-32-21-12-20(18-14-31-34(2)16-18)26(40-5)13-22(21)38(28)19-10-23-27(36(4)29(39)35(23)3)24(11-19)37-6-8-41-9-7-37/h10-17H,6-9H2,1-5H3. The molecule has 6 aromatic rings. The highest BCUT2D eigenvalue weighted by Crippen LogP contribution is 2.39. The predicted molar refractivity (Wildman–Crippen MR) is 157 cm³/mol. The molecule has 0 N–H and O–H groups in total. The number of aryl methyl sites for hydroxylation is 4. The second-order valence-electron chi connectivity index (χ2n) is 10.4. The molecule has 0 saturated carbocycles. The van der Waals surface area contributed by atoms with Gasteiger partial charge in [-0.15, -0.1) is 0 Å². The molecule has 0 spiro atoms. The van der Waals surface area contributed by atoms with E-state index < -0.39 is 0 Å². The number of rotatable bonds is 5. The number of methoxy groups -OCH3 is 1. The Morgan fingerprint density at radius 1 is 0.951 bits per heavy atom. The lowest BCUT2D eigenvalue weighted by Crippen LogP contribution is -2.36. The first-order chi connectivity index (χ1) is 19.9. The summed E-state index contributed by atoms with van der Waals surface area (Å²) in [4.78, 5) is 24.9. The van der Waals surface area contributed by atoms with Crippen LogP contribution in [0.25, 0.3) is 50.4 Å². The summed E-state index contributed by atoms with van der Waals surface area (Å²) in [5.41, 5.74) is 7.92. The normalized spacial score (nSPS) is 14.0. The number of benzene rings is 2. The molecule has 12 nitrogen and oxygen atoms in total. The first kappa shape index (κ1) is 25.1. The van der Waals surface area contributed by atoms with Crippen molar-refractivity contribution in [2.24, 2.45) is 28.2 Å². The molecule has 0 amide bonds. The predicted octanol–water partition coefficient (Wildman–Crippen LogP) is 2.86. The molecule has 0 unspecified atom stereocenters. The van der Waals surface area contributed by atoms with Crippen LogP contribution in [0.2, 0.25) is 0 Å². The van der Waals surface area contributed by atoms with E-state index in [1.54, 1.807) is 27.3 Å². The zero-order chi connectivity index (χ0) is 28.4. The number of hydrogen-bond donors (Lipinski definition) is 0. The molecule has 0 aliphatic carbocycles. The fourth-order valence-electron chi connectivity index (χ4n) is 5.85. The number of anilines is 1. The third-order valence-electron chi connectivity index (χ3n) is 7.97. The summed E-state index contributed by atoms with van der Waals surface area (Å²) in [6.07, 6.45) is 7.36. The molecule has 1 aliphatic rings. The van der Waals surface area contributed by atoms with Gasteiger partial charge in [0, 0.05) is 64.7 Å². The van der Waals surface area contributed by atoms with Crippen LogP contribution in [0.15, 0.2) is 54.0 Å². The highest BCUT2D eigenvalue weighted by atomic mass is 16.5. The molecular weight excluding hydrogens is 522 g/mol. The smallest absolute Gasteiger partial charge is 0.328 e. The Labute approximate surface area is 235 Å². The van der Waals surface area contributed by atoms with Gasteiger partial charge in [-0.3, -0.25) is 18.4 Å². The van der Waals surface area contributed by atoms with Crippen molar-refractivity contribution in [2.45, 2.75) is 0 Å². The largest absolute Gasteiger partial charge is 0.496 e. The van der Waals surface area contributed by atoms with E-state index in [9.17, 15) is 4.79 Å². The monoisotopic (exact) mass is 553 g/mol. The highest BCUT2D eigenvalue weighted by molar-refractivity contribution is 5.95. The summed E-state index contributed by atoms with van der Waals surface area (Å²) in [7, 11) is 9.16. The average Bonchev–Trinajstić information content (AvgIpc) is 3.75. The Hall–Kier alpha value is -4.84. The van der Waals surface area contributed by atoms with Crippen molar-refractivity contribution in [3.63, 3.8) is 0 Å². The van der Waals surface area contributed by atoms with E-state index in [-0.39, 0.29) is 5.69 Å². The van der Waals surface area contributed by atoms with E-state index in [0.29, 0.717) is 19.0 Å². The van der Waals surface area contributed by atoms with E-state index >= 15 is 0 Å². The van der Waals surface area contributed by atoms with Crippen molar-refractivity contribution < 1.29 is 9.47 Å². The molecule has 5 heterocycles. The number of fused-ring (bicyclic) bond motifs is 2. The van der Waals surface area contributed by atoms with Crippen LogP contribution in [0.1, 0.15) is 0 Å². The van der Waals surface area contributed by atoms with Crippen LogP contribution in [-0.4, -0.2) is 71.4 Å². The van der Waals surface area contributed by atoms with E-state index in [1.807, 2.05) is 63.5 Å². The summed E-state index contributed by atoms with van der Waals surface area (Å²) in [5, 5.41) is 4.35. The maximum absolute atomic E-state index is 13.1. The van der Waals surface area contributed by atoms with Crippen molar-refractivity contribution in [3.05, 3.63) is 59.7 Å². The van der Waals surface area contributed by atoms with Crippen LogP contribution in [0, 0.1) is 0 Å². The lowest BCUT2D eigenvalue weighted by atomic mass is 10.1. The Kier molecular flexibility index (Phi) is 5.75. The lowest BCUT2D eigenvalue weighted by Gasteiger charge is -2.30. The van der Waals surface area contributed by atoms with Gasteiger partial charge in [-0.25, -0.2) is 14.8 Å². The summed E-state index contributed by atoms with van der Waals surface area (Å²) in [5.74, 6) is 1.45. The summed E-state index contributed by atoms with van der Waals surface area (Å²) < 4.78 is 20.8. The summed E-state index contributed by atoms with van der Waals surface area (Å²) >= 11 is 0. The van der Waals surface area contributed by atoms with Gasteiger partial charge < -0.3 is 18.9 Å². The second-order valence-corrected chi connectivity index (χ2v) is 10.4. The zero-order valence-electron chi connectivity index (χ0n) is 23.7. The minimum Gasteiger partial charge on any atom is -0.496 e. The lowest BCUT2D eigenvalue weighted by molar-refractivity contribution is 0.123. The van der Waals surface area contributed by atoms with Gasteiger partial charge in [-0.1, -0.05) is 0 Å². The maximum Gasteiger partial charge on any atom is 0.328 e. The van der Waals surface area contributed by atoms with Gasteiger partial charge in [0.2, 0.25) is 0 Å². The molecule has 7 rings (SSSR count). The van der Waals surface area contributed by atoms with Gasteiger partial charge in [-0.2, -0.15) is 5.10 Å². The number of ether oxygens (including phenoxy) is 2. The fraction of sp³-hybridized carbons (Fsp3) is 0.310. The quantitative estimate of drug-likeness (QED) is 0.324. The van der Waals surface area contributed by atoms with Gasteiger partial charge >= 0.3 is 5.69 Å². The van der Waals surface area contributed by atoms with Gasteiger partial charge in [0.05, 0.1) is 72.5 Å². The average molecular weight is 554 g/mol. The Balaban J connectivity index is 1.56. The summed E-state index contributed by atoms with van der Waals surface area (Å²) in [6, 6.07) is 8.27. The van der Waals surface area contributed by atoms with E-state index in [0.717, 1.165) is 69.2 Å². The van der Waals surface area contributed by atoms with Crippen molar-refractivity contribution >= 4 is 27.8 Å². The van der Waals surface area contributed by atoms with Crippen molar-refractivity contribution in [1.29, 1.82) is 0 Å². The van der Waals surface area contributed by atoms with Crippen LogP contribution in [0.5, 0.6) is 5.75 Å². The Bertz CT molecular complexity index is 2000. The maximum atomic E-state index is 13.1. The molecule has 0 bridgehead atoms. The molecule has 1 saturated heterocycles. The summed E-state index contributed by atoms with van der Waals surface area (Å²) in [6.45, 7) is 2.75. The molecule has 41 heavy (non-hydrogen) atoms. The van der Waals surface area contributed by atoms with Crippen LogP contribution in [-0.2, 0) is 32.9 Å². The van der Waals surface area contributed by atoms with Crippen LogP contribution >= 0.6 is 0 Å². The number of imidazole rings is 3. The molecule has 4 aromatic heterocycles. The molecule has 1 aliphatic heterocycles.